The molecule has 0 spiro atoms. The average Bonchev–Trinajstić information content (AvgIpc) is 2.41. The van der Waals surface area contributed by atoms with Crippen molar-refractivity contribution >= 4 is 5.82 Å². The van der Waals surface area contributed by atoms with Crippen molar-refractivity contribution in [1.29, 1.82) is 0 Å². The van der Waals surface area contributed by atoms with Gasteiger partial charge < -0.3 is 14.8 Å². The molecular weight excluding hydrogens is 228 g/mol. The Hall–Kier alpha value is -1.13. The largest absolute Gasteiger partial charge is 0.379 e. The van der Waals surface area contributed by atoms with Gasteiger partial charge in [0.15, 0.2) is 0 Å². The molecular formula is C14H24N2O2. The van der Waals surface area contributed by atoms with Gasteiger partial charge in [0.05, 0.1) is 19.3 Å². The minimum absolute atomic E-state index is 0.116. The maximum Gasteiger partial charge on any atom is 0.126 e. The van der Waals surface area contributed by atoms with Gasteiger partial charge in [0.2, 0.25) is 0 Å². The first kappa shape index (κ1) is 14.9. The lowest BCUT2D eigenvalue weighted by Gasteiger charge is -2.13. The third-order valence-corrected chi connectivity index (χ3v) is 2.47. The van der Waals surface area contributed by atoms with Crippen LogP contribution in [0.4, 0.5) is 5.82 Å². The van der Waals surface area contributed by atoms with Crippen molar-refractivity contribution in [2.75, 3.05) is 25.1 Å². The molecule has 1 heterocycles. The van der Waals surface area contributed by atoms with E-state index in [0.717, 1.165) is 31.0 Å². The molecule has 0 saturated heterocycles. The van der Waals surface area contributed by atoms with E-state index in [1.165, 1.54) is 0 Å². The summed E-state index contributed by atoms with van der Waals surface area (Å²) < 4.78 is 11.0. The Kier molecular flexibility index (Phi) is 7.37. The molecule has 1 unspecified atom stereocenters. The van der Waals surface area contributed by atoms with E-state index in [1.807, 2.05) is 32.2 Å². The standard InChI is InChI=1S/C14H24N2O2/c1-4-7-15-14-9-13(6-8-16-14)11-18-12(3)10-17-5-2/h6,8-9,12H,4-5,7,10-11H2,1-3H3,(H,15,16). The van der Waals surface area contributed by atoms with Gasteiger partial charge in [0.1, 0.15) is 5.82 Å². The predicted molar refractivity (Wildman–Crippen MR) is 73.8 cm³/mol. The molecule has 0 amide bonds. The Balaban J connectivity index is 2.37. The van der Waals surface area contributed by atoms with E-state index in [-0.39, 0.29) is 6.10 Å². The Labute approximate surface area is 110 Å². The summed E-state index contributed by atoms with van der Waals surface area (Å²) >= 11 is 0. The summed E-state index contributed by atoms with van der Waals surface area (Å²) in [6.07, 6.45) is 3.02. The maximum atomic E-state index is 5.71. The highest BCUT2D eigenvalue weighted by Gasteiger charge is 2.03. The Morgan fingerprint density at radius 1 is 1.39 bits per heavy atom. The number of nitrogens with one attached hydrogen (secondary N) is 1. The van der Waals surface area contributed by atoms with Crippen LogP contribution in [-0.4, -0.2) is 30.8 Å². The first-order valence-electron chi connectivity index (χ1n) is 6.64. The number of pyridine rings is 1. The van der Waals surface area contributed by atoms with E-state index in [1.54, 1.807) is 0 Å². The van der Waals surface area contributed by atoms with Crippen LogP contribution in [-0.2, 0) is 16.1 Å². The van der Waals surface area contributed by atoms with Crippen molar-refractivity contribution in [3.63, 3.8) is 0 Å². The summed E-state index contributed by atoms with van der Waals surface area (Å²) in [6.45, 7) is 9.05. The van der Waals surface area contributed by atoms with Crippen molar-refractivity contribution in [2.24, 2.45) is 0 Å². The molecule has 0 aliphatic rings. The van der Waals surface area contributed by atoms with Crippen LogP contribution in [0.5, 0.6) is 0 Å². The van der Waals surface area contributed by atoms with Gasteiger partial charge in [-0.3, -0.25) is 0 Å². The highest BCUT2D eigenvalue weighted by molar-refractivity contribution is 5.37. The summed E-state index contributed by atoms with van der Waals surface area (Å²) in [4.78, 5) is 4.26. The van der Waals surface area contributed by atoms with Crippen LogP contribution in [0.2, 0.25) is 0 Å². The van der Waals surface area contributed by atoms with E-state index >= 15 is 0 Å². The lowest BCUT2D eigenvalue weighted by Crippen LogP contribution is -2.15. The SMILES string of the molecule is CCCNc1cc(COC(C)COCC)ccn1. The van der Waals surface area contributed by atoms with Crippen molar-refractivity contribution in [3.8, 4) is 0 Å². The van der Waals surface area contributed by atoms with Crippen LogP contribution in [0.1, 0.15) is 32.8 Å². The normalized spacial score (nSPS) is 12.4. The highest BCUT2D eigenvalue weighted by atomic mass is 16.5. The fraction of sp³-hybridized carbons (Fsp3) is 0.643. The maximum absolute atomic E-state index is 5.71. The van der Waals surface area contributed by atoms with Gasteiger partial charge in [-0.15, -0.1) is 0 Å². The van der Waals surface area contributed by atoms with Gasteiger partial charge in [-0.2, -0.15) is 0 Å². The average molecular weight is 252 g/mol. The first-order chi connectivity index (χ1) is 8.76. The molecule has 1 rings (SSSR count). The second-order valence-electron chi connectivity index (χ2n) is 4.26. The zero-order chi connectivity index (χ0) is 13.2. The van der Waals surface area contributed by atoms with Crippen LogP contribution in [0, 0.1) is 0 Å². The molecule has 4 nitrogen and oxygen atoms in total. The van der Waals surface area contributed by atoms with Crippen LogP contribution < -0.4 is 5.32 Å². The molecule has 1 atom stereocenters. The summed E-state index contributed by atoms with van der Waals surface area (Å²) in [5.41, 5.74) is 1.13. The van der Waals surface area contributed by atoms with Gasteiger partial charge in [-0.1, -0.05) is 6.92 Å². The van der Waals surface area contributed by atoms with E-state index in [2.05, 4.69) is 17.2 Å². The number of aromatic nitrogens is 1. The van der Waals surface area contributed by atoms with E-state index in [9.17, 15) is 0 Å². The third kappa shape index (κ3) is 5.98. The quantitative estimate of drug-likeness (QED) is 0.734. The first-order valence-corrected chi connectivity index (χ1v) is 6.64. The molecule has 1 N–H and O–H groups in total. The summed E-state index contributed by atoms with van der Waals surface area (Å²) in [7, 11) is 0. The Morgan fingerprint density at radius 3 is 2.94 bits per heavy atom. The van der Waals surface area contributed by atoms with Crippen LogP contribution in [0.15, 0.2) is 18.3 Å². The summed E-state index contributed by atoms with van der Waals surface area (Å²) in [5, 5.41) is 3.27. The van der Waals surface area contributed by atoms with Crippen molar-refractivity contribution < 1.29 is 9.47 Å². The van der Waals surface area contributed by atoms with Crippen LogP contribution >= 0.6 is 0 Å². The molecule has 0 aliphatic carbocycles. The smallest absolute Gasteiger partial charge is 0.126 e. The molecule has 1 aromatic rings. The molecule has 0 radical (unpaired) electrons. The van der Waals surface area contributed by atoms with E-state index in [0.29, 0.717) is 13.2 Å². The third-order valence-electron chi connectivity index (χ3n) is 2.47. The second-order valence-corrected chi connectivity index (χ2v) is 4.26. The van der Waals surface area contributed by atoms with Crippen molar-refractivity contribution in [3.05, 3.63) is 23.9 Å². The lowest BCUT2D eigenvalue weighted by atomic mass is 10.2. The monoisotopic (exact) mass is 252 g/mol. The molecule has 0 bridgehead atoms. The zero-order valence-electron chi connectivity index (χ0n) is 11.6. The minimum Gasteiger partial charge on any atom is -0.379 e. The number of hydrogen-bond donors (Lipinski definition) is 1. The van der Waals surface area contributed by atoms with Gasteiger partial charge in [-0.05, 0) is 38.0 Å². The minimum atomic E-state index is 0.116. The fourth-order valence-electron chi connectivity index (χ4n) is 1.48. The molecule has 0 fully saturated rings. The summed E-state index contributed by atoms with van der Waals surface area (Å²) in [6, 6.07) is 4.01. The molecule has 0 aliphatic heterocycles. The Morgan fingerprint density at radius 2 is 2.22 bits per heavy atom. The molecule has 0 aromatic carbocycles. The van der Waals surface area contributed by atoms with Gasteiger partial charge in [0, 0.05) is 19.3 Å². The van der Waals surface area contributed by atoms with E-state index in [4.69, 9.17) is 9.47 Å². The molecule has 1 aromatic heterocycles. The molecule has 18 heavy (non-hydrogen) atoms. The van der Waals surface area contributed by atoms with Gasteiger partial charge in [-0.25, -0.2) is 4.98 Å². The number of rotatable bonds is 9. The number of hydrogen-bond acceptors (Lipinski definition) is 4. The van der Waals surface area contributed by atoms with Crippen LogP contribution in [0.3, 0.4) is 0 Å². The van der Waals surface area contributed by atoms with Gasteiger partial charge in [0.25, 0.3) is 0 Å². The van der Waals surface area contributed by atoms with Crippen LogP contribution in [0.25, 0.3) is 0 Å². The van der Waals surface area contributed by atoms with Crippen molar-refractivity contribution in [2.45, 2.75) is 39.9 Å². The van der Waals surface area contributed by atoms with Gasteiger partial charge >= 0.3 is 0 Å². The highest BCUT2D eigenvalue weighted by Crippen LogP contribution is 2.09. The zero-order valence-corrected chi connectivity index (χ0v) is 11.6. The number of nitrogens with zero attached hydrogens (tertiary/aromatic N) is 1. The fourth-order valence-corrected chi connectivity index (χ4v) is 1.48. The summed E-state index contributed by atoms with van der Waals surface area (Å²) in [5.74, 6) is 0.912. The number of ether oxygens (including phenoxy) is 2. The molecule has 0 saturated carbocycles. The topological polar surface area (TPSA) is 43.4 Å². The lowest BCUT2D eigenvalue weighted by molar-refractivity contribution is -0.0116. The number of anilines is 1. The van der Waals surface area contributed by atoms with E-state index < -0.39 is 0 Å². The Bertz CT molecular complexity index is 331. The molecule has 102 valence electrons. The second kappa shape index (κ2) is 8.89. The molecule has 4 heteroatoms. The predicted octanol–water partition coefficient (Wildman–Crippen LogP) is 2.85. The van der Waals surface area contributed by atoms with Crippen molar-refractivity contribution in [1.82, 2.24) is 4.98 Å².